The first-order chi connectivity index (χ1) is 16.6. The number of nitrogens with one attached hydrogen (secondary N) is 1. The van der Waals surface area contributed by atoms with Crippen molar-refractivity contribution in [2.24, 2.45) is 0 Å². The topological polar surface area (TPSA) is 59.8 Å². The molecule has 1 N–H and O–H groups in total. The number of carbonyl (C=O) groups excluding carboxylic acids is 1. The molecule has 0 saturated heterocycles. The van der Waals surface area contributed by atoms with Crippen molar-refractivity contribution >= 4 is 35.5 Å². The maximum absolute atomic E-state index is 12.9. The van der Waals surface area contributed by atoms with Crippen LogP contribution in [0.15, 0.2) is 83.9 Å². The second-order valence-corrected chi connectivity index (χ2v) is 9.50. The molecule has 1 heterocycles. The van der Waals surface area contributed by atoms with Gasteiger partial charge in [0.25, 0.3) is 5.91 Å². The third kappa shape index (κ3) is 5.69. The fourth-order valence-electron chi connectivity index (χ4n) is 3.88. The predicted molar refractivity (Wildman–Crippen MR) is 141 cm³/mol. The van der Waals surface area contributed by atoms with E-state index in [1.54, 1.807) is 22.5 Å². The second kappa shape index (κ2) is 11.4. The number of allylic oxidation sites excluding steroid dienone is 2. The summed E-state index contributed by atoms with van der Waals surface area (Å²) in [6.07, 6.45) is 7.00. The number of halogens is 1. The van der Waals surface area contributed by atoms with E-state index < -0.39 is 0 Å². The van der Waals surface area contributed by atoms with Gasteiger partial charge in [-0.3, -0.25) is 9.36 Å². The maximum atomic E-state index is 12.9. The van der Waals surface area contributed by atoms with Gasteiger partial charge in [0.15, 0.2) is 0 Å². The molecule has 1 aliphatic rings. The third-order valence-corrected chi connectivity index (χ3v) is 7.24. The van der Waals surface area contributed by atoms with Crippen LogP contribution in [0.25, 0.3) is 6.20 Å². The first-order valence-corrected chi connectivity index (χ1v) is 12.7. The Morgan fingerprint density at radius 1 is 1.15 bits per heavy atom. The average Bonchev–Trinajstić information content (AvgIpc) is 3.27. The molecule has 1 aromatic heterocycles. The lowest BCUT2D eigenvalue weighted by Gasteiger charge is -2.21. The molecular weight excluding hydrogens is 464 g/mol. The molecule has 5 nitrogen and oxygen atoms in total. The molecule has 3 aromatic rings. The average molecular weight is 491 g/mol. The van der Waals surface area contributed by atoms with Crippen LogP contribution in [0.4, 0.5) is 0 Å². The van der Waals surface area contributed by atoms with Gasteiger partial charge in [-0.1, -0.05) is 78.9 Å². The van der Waals surface area contributed by atoms with Crippen molar-refractivity contribution < 1.29 is 4.79 Å². The quantitative estimate of drug-likeness (QED) is 0.401. The van der Waals surface area contributed by atoms with Gasteiger partial charge in [0.05, 0.1) is 11.8 Å². The molecule has 2 aromatic carbocycles. The van der Waals surface area contributed by atoms with Gasteiger partial charge in [-0.15, -0.1) is 22.0 Å². The number of hydrogen-bond donors (Lipinski definition) is 1. The van der Waals surface area contributed by atoms with E-state index in [0.29, 0.717) is 23.0 Å². The van der Waals surface area contributed by atoms with Crippen molar-refractivity contribution in [1.82, 2.24) is 20.1 Å². The van der Waals surface area contributed by atoms with E-state index in [4.69, 9.17) is 11.6 Å². The molecule has 1 atom stereocenters. The lowest BCUT2D eigenvalue weighted by atomic mass is 10.0. The zero-order valence-corrected chi connectivity index (χ0v) is 20.6. The van der Waals surface area contributed by atoms with Gasteiger partial charge in [0, 0.05) is 17.0 Å². The SMILES string of the molecule is C=Cn1c(CSCc2ccccc2Cc2ccccc2)nnc1C(=O)NC1CC=CC(Cl)=C1C. The van der Waals surface area contributed by atoms with Crippen molar-refractivity contribution in [1.29, 1.82) is 0 Å². The molecule has 4 rings (SSSR count). The Labute approximate surface area is 209 Å². The summed E-state index contributed by atoms with van der Waals surface area (Å²) in [6.45, 7) is 5.78. The van der Waals surface area contributed by atoms with Crippen molar-refractivity contribution in [2.45, 2.75) is 37.3 Å². The van der Waals surface area contributed by atoms with Crippen LogP contribution in [0.5, 0.6) is 0 Å². The Morgan fingerprint density at radius 2 is 1.88 bits per heavy atom. The molecule has 0 bridgehead atoms. The number of rotatable bonds is 9. The normalized spacial score (nSPS) is 15.4. The first kappa shape index (κ1) is 24.0. The summed E-state index contributed by atoms with van der Waals surface area (Å²) in [5.74, 6) is 2.09. The highest BCUT2D eigenvalue weighted by atomic mass is 35.5. The van der Waals surface area contributed by atoms with Gasteiger partial charge in [-0.25, -0.2) is 0 Å². The van der Waals surface area contributed by atoms with E-state index >= 15 is 0 Å². The number of hydrogen-bond acceptors (Lipinski definition) is 4. The van der Waals surface area contributed by atoms with Crippen LogP contribution in [0.2, 0.25) is 0 Å². The third-order valence-electron chi connectivity index (χ3n) is 5.84. The predicted octanol–water partition coefficient (Wildman–Crippen LogP) is 5.97. The summed E-state index contributed by atoms with van der Waals surface area (Å²) in [5, 5.41) is 12.1. The Balaban J connectivity index is 1.40. The Morgan fingerprint density at radius 3 is 2.65 bits per heavy atom. The lowest BCUT2D eigenvalue weighted by Crippen LogP contribution is -2.37. The molecule has 0 radical (unpaired) electrons. The smallest absolute Gasteiger partial charge is 0.290 e. The number of benzene rings is 2. The minimum Gasteiger partial charge on any atom is -0.342 e. The zero-order chi connectivity index (χ0) is 23.9. The lowest BCUT2D eigenvalue weighted by molar-refractivity contribution is 0.0930. The number of thioether (sulfide) groups is 1. The fraction of sp³-hybridized carbons (Fsp3) is 0.222. The zero-order valence-electron chi connectivity index (χ0n) is 19.1. The number of aromatic nitrogens is 3. The first-order valence-electron chi connectivity index (χ1n) is 11.1. The second-order valence-electron chi connectivity index (χ2n) is 8.11. The van der Waals surface area contributed by atoms with Gasteiger partial charge in [0.2, 0.25) is 5.82 Å². The van der Waals surface area contributed by atoms with E-state index in [2.05, 4.69) is 70.6 Å². The van der Waals surface area contributed by atoms with E-state index in [1.165, 1.54) is 16.7 Å². The van der Waals surface area contributed by atoms with Crippen LogP contribution >= 0.6 is 23.4 Å². The molecule has 0 spiro atoms. The highest BCUT2D eigenvalue weighted by Crippen LogP contribution is 2.24. The van der Waals surface area contributed by atoms with Gasteiger partial charge < -0.3 is 5.32 Å². The minimum absolute atomic E-state index is 0.154. The molecule has 1 unspecified atom stereocenters. The molecule has 1 amide bonds. The number of amides is 1. The van der Waals surface area contributed by atoms with E-state index in [-0.39, 0.29) is 17.8 Å². The molecule has 7 heteroatoms. The molecule has 0 saturated carbocycles. The summed E-state index contributed by atoms with van der Waals surface area (Å²) < 4.78 is 1.66. The van der Waals surface area contributed by atoms with Crippen molar-refractivity contribution in [2.75, 3.05) is 0 Å². The highest BCUT2D eigenvalue weighted by molar-refractivity contribution is 7.97. The molecule has 174 valence electrons. The van der Waals surface area contributed by atoms with Crippen molar-refractivity contribution in [3.05, 3.63) is 112 Å². The molecule has 34 heavy (non-hydrogen) atoms. The number of nitrogens with zero attached hydrogens (tertiary/aromatic N) is 3. The summed E-state index contributed by atoms with van der Waals surface area (Å²) in [5.41, 5.74) is 4.84. The van der Waals surface area contributed by atoms with E-state index in [1.807, 2.05) is 25.1 Å². The van der Waals surface area contributed by atoms with Crippen LogP contribution in [0, 0.1) is 0 Å². The molecule has 0 aliphatic heterocycles. The van der Waals surface area contributed by atoms with Crippen molar-refractivity contribution in [3.63, 3.8) is 0 Å². The molecular formula is C27H27ClN4OS. The van der Waals surface area contributed by atoms with Gasteiger partial charge in [-0.2, -0.15) is 0 Å². The standard InChI is InChI=1S/C27H27ClN4OS/c1-3-32-25(30-31-26(32)27(33)29-24-15-9-14-23(28)19(24)2)18-34-17-22-13-8-7-12-21(22)16-20-10-5-4-6-11-20/h3-14,24H,1,15-18H2,2H3,(H,29,33). The fourth-order valence-corrected chi connectivity index (χ4v) is 5.08. The summed E-state index contributed by atoms with van der Waals surface area (Å²) >= 11 is 7.95. The van der Waals surface area contributed by atoms with Gasteiger partial charge in [-0.05, 0) is 48.1 Å². The highest BCUT2D eigenvalue weighted by Gasteiger charge is 2.23. The monoisotopic (exact) mass is 490 g/mol. The van der Waals surface area contributed by atoms with Crippen LogP contribution in [0.1, 0.15) is 46.5 Å². The van der Waals surface area contributed by atoms with Crippen molar-refractivity contribution in [3.8, 4) is 0 Å². The van der Waals surface area contributed by atoms with E-state index in [9.17, 15) is 4.79 Å². The van der Waals surface area contributed by atoms with Crippen LogP contribution in [-0.4, -0.2) is 26.7 Å². The van der Waals surface area contributed by atoms with Gasteiger partial charge in [0.1, 0.15) is 5.82 Å². The maximum Gasteiger partial charge on any atom is 0.290 e. The summed E-state index contributed by atoms with van der Waals surface area (Å²) in [6, 6.07) is 18.8. The van der Waals surface area contributed by atoms with Crippen LogP contribution < -0.4 is 5.32 Å². The Kier molecular flexibility index (Phi) is 8.03. The Bertz CT molecular complexity index is 1230. The minimum atomic E-state index is -0.291. The largest absolute Gasteiger partial charge is 0.342 e. The van der Waals surface area contributed by atoms with E-state index in [0.717, 1.165) is 17.7 Å². The van der Waals surface area contributed by atoms with Crippen LogP contribution in [-0.2, 0) is 17.9 Å². The molecule has 1 aliphatic carbocycles. The Hall–Kier alpha value is -3.09. The van der Waals surface area contributed by atoms with Crippen LogP contribution in [0.3, 0.4) is 0 Å². The summed E-state index contributed by atoms with van der Waals surface area (Å²) in [7, 11) is 0. The summed E-state index contributed by atoms with van der Waals surface area (Å²) in [4.78, 5) is 12.9. The molecule has 0 fully saturated rings. The van der Waals surface area contributed by atoms with Gasteiger partial charge >= 0.3 is 0 Å². The number of carbonyl (C=O) groups is 1.